The molecule has 1 aliphatic heterocycles. The molecule has 1 aliphatic rings. The van der Waals surface area contributed by atoms with Crippen molar-refractivity contribution in [2.45, 2.75) is 17.4 Å². The van der Waals surface area contributed by atoms with Gasteiger partial charge in [-0.1, -0.05) is 12.1 Å². The van der Waals surface area contributed by atoms with E-state index in [-0.39, 0.29) is 17.3 Å². The quantitative estimate of drug-likeness (QED) is 0.761. The van der Waals surface area contributed by atoms with E-state index in [0.29, 0.717) is 5.56 Å². The van der Waals surface area contributed by atoms with Crippen molar-refractivity contribution in [1.29, 1.82) is 0 Å². The molecule has 2 aromatic rings. The zero-order valence-corrected chi connectivity index (χ0v) is 17.0. The molecule has 2 aromatic carbocycles. The van der Waals surface area contributed by atoms with E-state index >= 15 is 0 Å². The lowest BCUT2D eigenvalue weighted by Crippen LogP contribution is -2.28. The van der Waals surface area contributed by atoms with Crippen LogP contribution in [0.1, 0.15) is 27.6 Å². The Morgan fingerprint density at radius 3 is 2.54 bits per heavy atom. The van der Waals surface area contributed by atoms with Crippen molar-refractivity contribution < 1.29 is 18.3 Å². The Morgan fingerprint density at radius 1 is 1.21 bits per heavy atom. The van der Waals surface area contributed by atoms with Crippen molar-refractivity contribution in [3.05, 3.63) is 59.2 Å². The van der Waals surface area contributed by atoms with Crippen molar-refractivity contribution in [2.75, 3.05) is 39.1 Å². The summed E-state index contributed by atoms with van der Waals surface area (Å²) in [6, 6.07) is 11.6. The molecule has 0 radical (unpaired) electrons. The first kappa shape index (κ1) is 20.3. The number of hydrogen-bond donors (Lipinski definition) is 2. The lowest BCUT2D eigenvalue weighted by Gasteiger charge is -2.16. The molecule has 0 spiro atoms. The van der Waals surface area contributed by atoms with E-state index in [0.717, 1.165) is 22.8 Å². The maximum atomic E-state index is 12.3. The molecule has 0 bridgehead atoms. The number of fused-ring (bicyclic) bond motifs is 1. The van der Waals surface area contributed by atoms with Gasteiger partial charge in [0.1, 0.15) is 0 Å². The number of carbonyl (C=O) groups excluding carboxylic acids is 1. The number of aliphatic hydroxyl groups excluding tert-OH is 1. The number of aliphatic hydroxyl groups is 1. The number of amides is 1. The molecule has 0 aliphatic carbocycles. The molecule has 0 unspecified atom stereocenters. The van der Waals surface area contributed by atoms with Crippen LogP contribution in [0.4, 0.5) is 5.69 Å². The molecule has 1 heterocycles. The standard InChI is InChI=1S/C20H25N3O4S/c1-22(2)28(26,27)17-7-4-14(5-8-17)20(25)21-13-19(24)16-6-9-18-15(12-16)10-11-23(18)3/h4-9,12,19,24H,10-11,13H2,1-3H3,(H,21,25)/t19-/m1/s1. The molecule has 150 valence electrons. The fourth-order valence-electron chi connectivity index (χ4n) is 3.19. The van der Waals surface area contributed by atoms with Gasteiger partial charge < -0.3 is 15.3 Å². The predicted octanol–water partition coefficient (Wildman–Crippen LogP) is 1.39. The van der Waals surface area contributed by atoms with Gasteiger partial charge in [0.15, 0.2) is 0 Å². The van der Waals surface area contributed by atoms with Gasteiger partial charge >= 0.3 is 0 Å². The van der Waals surface area contributed by atoms with Gasteiger partial charge in [-0.2, -0.15) is 0 Å². The number of rotatable bonds is 6. The highest BCUT2D eigenvalue weighted by Crippen LogP contribution is 2.29. The summed E-state index contributed by atoms with van der Waals surface area (Å²) in [5.41, 5.74) is 3.47. The average molecular weight is 404 g/mol. The van der Waals surface area contributed by atoms with E-state index in [2.05, 4.69) is 10.2 Å². The molecule has 1 amide bonds. The minimum absolute atomic E-state index is 0.0746. The Balaban J connectivity index is 1.62. The molecular weight excluding hydrogens is 378 g/mol. The van der Waals surface area contributed by atoms with Gasteiger partial charge in [-0.15, -0.1) is 0 Å². The second-order valence-corrected chi connectivity index (χ2v) is 9.25. The lowest BCUT2D eigenvalue weighted by molar-refractivity contribution is 0.0916. The second-order valence-electron chi connectivity index (χ2n) is 7.10. The summed E-state index contributed by atoms with van der Waals surface area (Å²) in [6.45, 7) is 1.04. The predicted molar refractivity (Wildman–Crippen MR) is 108 cm³/mol. The number of anilines is 1. The SMILES string of the molecule is CN1CCc2cc([C@H](O)CNC(=O)c3ccc(S(=O)(=O)N(C)C)cc3)ccc21. The van der Waals surface area contributed by atoms with Crippen LogP contribution >= 0.6 is 0 Å². The summed E-state index contributed by atoms with van der Waals surface area (Å²) < 4.78 is 25.3. The molecule has 28 heavy (non-hydrogen) atoms. The Kier molecular flexibility index (Phi) is 5.74. The number of carbonyl (C=O) groups is 1. The summed E-state index contributed by atoms with van der Waals surface area (Å²) in [5.74, 6) is -0.367. The van der Waals surface area contributed by atoms with Crippen molar-refractivity contribution in [3.8, 4) is 0 Å². The van der Waals surface area contributed by atoms with Gasteiger partial charge in [0.2, 0.25) is 10.0 Å². The molecule has 2 N–H and O–H groups in total. The number of likely N-dealkylation sites (N-methyl/N-ethyl adjacent to an activating group) is 1. The number of hydrogen-bond acceptors (Lipinski definition) is 5. The van der Waals surface area contributed by atoms with Gasteiger partial charge in [0.25, 0.3) is 5.91 Å². The van der Waals surface area contributed by atoms with E-state index in [1.807, 2.05) is 25.2 Å². The zero-order valence-electron chi connectivity index (χ0n) is 16.2. The third-order valence-corrected chi connectivity index (χ3v) is 6.80. The van der Waals surface area contributed by atoms with E-state index in [1.54, 1.807) is 0 Å². The summed E-state index contributed by atoms with van der Waals surface area (Å²) in [4.78, 5) is 14.6. The Morgan fingerprint density at radius 2 is 1.89 bits per heavy atom. The molecule has 1 atom stereocenters. The second kappa shape index (κ2) is 7.90. The summed E-state index contributed by atoms with van der Waals surface area (Å²) in [6.07, 6.45) is 0.134. The fraction of sp³-hybridized carbons (Fsp3) is 0.350. The minimum atomic E-state index is -3.53. The smallest absolute Gasteiger partial charge is 0.251 e. The van der Waals surface area contributed by atoms with Gasteiger partial charge in [0, 0.05) is 45.5 Å². The molecular formula is C20H25N3O4S. The Labute approximate surface area is 165 Å². The van der Waals surface area contributed by atoms with E-state index in [4.69, 9.17) is 0 Å². The van der Waals surface area contributed by atoms with E-state index < -0.39 is 16.1 Å². The summed E-state index contributed by atoms with van der Waals surface area (Å²) in [5, 5.41) is 13.1. The van der Waals surface area contributed by atoms with Crippen molar-refractivity contribution in [1.82, 2.24) is 9.62 Å². The van der Waals surface area contributed by atoms with Crippen LogP contribution in [0.5, 0.6) is 0 Å². The number of benzene rings is 2. The minimum Gasteiger partial charge on any atom is -0.387 e. The maximum absolute atomic E-state index is 12.3. The molecule has 8 heteroatoms. The normalized spacial score (nSPS) is 14.8. The Bertz CT molecular complexity index is 971. The first-order valence-corrected chi connectivity index (χ1v) is 10.5. The Hall–Kier alpha value is -2.42. The van der Waals surface area contributed by atoms with Crippen LogP contribution in [-0.2, 0) is 16.4 Å². The molecule has 0 aromatic heterocycles. The average Bonchev–Trinajstić information content (AvgIpc) is 3.06. The molecule has 0 saturated heterocycles. The van der Waals surface area contributed by atoms with E-state index in [1.165, 1.54) is 49.6 Å². The van der Waals surface area contributed by atoms with Crippen molar-refractivity contribution in [3.63, 3.8) is 0 Å². The first-order chi connectivity index (χ1) is 13.2. The fourth-order valence-corrected chi connectivity index (χ4v) is 4.09. The topological polar surface area (TPSA) is 90.0 Å². The highest BCUT2D eigenvalue weighted by molar-refractivity contribution is 7.89. The van der Waals surface area contributed by atoms with Crippen LogP contribution < -0.4 is 10.2 Å². The van der Waals surface area contributed by atoms with Crippen molar-refractivity contribution in [2.24, 2.45) is 0 Å². The lowest BCUT2D eigenvalue weighted by atomic mass is 10.0. The van der Waals surface area contributed by atoms with Crippen molar-refractivity contribution >= 4 is 21.6 Å². The molecule has 7 nitrogen and oxygen atoms in total. The van der Waals surface area contributed by atoms with Gasteiger partial charge in [-0.05, 0) is 47.9 Å². The van der Waals surface area contributed by atoms with Crippen LogP contribution in [0, 0.1) is 0 Å². The van der Waals surface area contributed by atoms with Crippen LogP contribution in [-0.4, -0.2) is 58.0 Å². The van der Waals surface area contributed by atoms with Crippen LogP contribution in [0.25, 0.3) is 0 Å². The van der Waals surface area contributed by atoms with Gasteiger partial charge in [-0.3, -0.25) is 4.79 Å². The largest absolute Gasteiger partial charge is 0.387 e. The van der Waals surface area contributed by atoms with Gasteiger partial charge in [0.05, 0.1) is 11.0 Å². The van der Waals surface area contributed by atoms with Crippen LogP contribution in [0.2, 0.25) is 0 Å². The summed E-state index contributed by atoms with van der Waals surface area (Å²) in [7, 11) is 1.41. The van der Waals surface area contributed by atoms with Crippen LogP contribution in [0.3, 0.4) is 0 Å². The number of sulfonamides is 1. The molecule has 0 fully saturated rings. The summed E-state index contributed by atoms with van der Waals surface area (Å²) >= 11 is 0. The third kappa shape index (κ3) is 4.04. The third-order valence-electron chi connectivity index (χ3n) is 4.97. The maximum Gasteiger partial charge on any atom is 0.251 e. The molecule has 3 rings (SSSR count). The monoisotopic (exact) mass is 403 g/mol. The highest BCUT2D eigenvalue weighted by atomic mass is 32.2. The van der Waals surface area contributed by atoms with E-state index in [9.17, 15) is 18.3 Å². The van der Waals surface area contributed by atoms with Crippen LogP contribution in [0.15, 0.2) is 47.4 Å². The zero-order chi connectivity index (χ0) is 20.5. The first-order valence-electron chi connectivity index (χ1n) is 9.03. The number of nitrogens with one attached hydrogen (secondary N) is 1. The number of nitrogens with zero attached hydrogens (tertiary/aromatic N) is 2. The van der Waals surface area contributed by atoms with Gasteiger partial charge in [-0.25, -0.2) is 12.7 Å². The molecule has 0 saturated carbocycles. The highest BCUT2D eigenvalue weighted by Gasteiger charge is 2.19.